The Morgan fingerprint density at radius 3 is 2.33 bits per heavy atom. The van der Waals surface area contributed by atoms with Crippen molar-refractivity contribution in [2.24, 2.45) is 0 Å². The van der Waals surface area contributed by atoms with E-state index < -0.39 is 0 Å². The number of hydrogen-bond acceptors (Lipinski definition) is 3. The van der Waals surface area contributed by atoms with E-state index in [4.69, 9.17) is 0 Å². The van der Waals surface area contributed by atoms with E-state index >= 15 is 0 Å². The summed E-state index contributed by atoms with van der Waals surface area (Å²) in [7, 11) is 0. The maximum atomic E-state index is 10.5. The Hall–Kier alpha value is -1.62. The number of hydrogen-bond donors (Lipinski definition) is 0. The second-order valence-electron chi connectivity index (χ2n) is 3.43. The quantitative estimate of drug-likeness (QED) is 0.536. The molecule has 0 atom stereocenters. The standard InChI is InChI=1S/C10H12N3O2/c14-13(15)10-3-1-9(2-4-10)12-7-5-11-6-8-12/h1-4H,5-8H2. The molecule has 0 N–H and O–H groups in total. The normalized spacial score (nSPS) is 16.4. The van der Waals surface area contributed by atoms with Crippen LogP contribution in [0.25, 0.3) is 0 Å². The van der Waals surface area contributed by atoms with Gasteiger partial charge in [-0.05, 0) is 12.1 Å². The molecule has 1 aliphatic heterocycles. The van der Waals surface area contributed by atoms with E-state index in [0.29, 0.717) is 0 Å². The summed E-state index contributed by atoms with van der Waals surface area (Å²) in [6, 6.07) is 6.68. The molecular formula is C10H12N3O2. The van der Waals surface area contributed by atoms with Crippen LogP contribution >= 0.6 is 0 Å². The van der Waals surface area contributed by atoms with Crippen LogP contribution in [0.1, 0.15) is 0 Å². The molecule has 1 saturated heterocycles. The largest absolute Gasteiger partial charge is 0.369 e. The van der Waals surface area contributed by atoms with Crippen molar-refractivity contribution < 1.29 is 4.92 Å². The van der Waals surface area contributed by atoms with E-state index in [1.54, 1.807) is 24.3 Å². The van der Waals surface area contributed by atoms with Gasteiger partial charge in [0.05, 0.1) is 4.92 Å². The first-order valence-electron chi connectivity index (χ1n) is 4.90. The van der Waals surface area contributed by atoms with Crippen molar-refractivity contribution in [3.63, 3.8) is 0 Å². The Bertz CT molecular complexity index is 344. The lowest BCUT2D eigenvalue weighted by Gasteiger charge is -2.28. The van der Waals surface area contributed by atoms with Crippen molar-refractivity contribution in [2.45, 2.75) is 0 Å². The van der Waals surface area contributed by atoms with Crippen LogP contribution in [0.2, 0.25) is 0 Å². The molecule has 15 heavy (non-hydrogen) atoms. The third kappa shape index (κ3) is 2.24. The second kappa shape index (κ2) is 4.27. The summed E-state index contributed by atoms with van der Waals surface area (Å²) in [5, 5.41) is 14.7. The monoisotopic (exact) mass is 206 g/mol. The van der Waals surface area contributed by atoms with E-state index in [0.717, 1.165) is 31.9 Å². The number of anilines is 1. The Morgan fingerprint density at radius 1 is 1.20 bits per heavy atom. The van der Waals surface area contributed by atoms with Crippen molar-refractivity contribution in [3.05, 3.63) is 34.4 Å². The highest BCUT2D eigenvalue weighted by molar-refractivity contribution is 5.51. The molecule has 0 aromatic heterocycles. The van der Waals surface area contributed by atoms with Crippen molar-refractivity contribution in [1.82, 2.24) is 5.32 Å². The van der Waals surface area contributed by atoms with Crippen LogP contribution in [0.4, 0.5) is 11.4 Å². The van der Waals surface area contributed by atoms with Crippen LogP contribution in [-0.4, -0.2) is 31.1 Å². The molecule has 1 heterocycles. The Labute approximate surface area is 87.8 Å². The molecule has 0 amide bonds. The zero-order chi connectivity index (χ0) is 10.7. The Morgan fingerprint density at radius 2 is 1.80 bits per heavy atom. The fourth-order valence-corrected chi connectivity index (χ4v) is 1.65. The first-order valence-corrected chi connectivity index (χ1v) is 4.90. The summed E-state index contributed by atoms with van der Waals surface area (Å²) < 4.78 is 0. The van der Waals surface area contributed by atoms with Crippen molar-refractivity contribution in [2.75, 3.05) is 31.1 Å². The van der Waals surface area contributed by atoms with E-state index in [-0.39, 0.29) is 10.6 Å². The van der Waals surface area contributed by atoms with Crippen molar-refractivity contribution in [3.8, 4) is 0 Å². The van der Waals surface area contributed by atoms with Gasteiger partial charge in [-0.15, -0.1) is 0 Å². The van der Waals surface area contributed by atoms with Gasteiger partial charge < -0.3 is 4.90 Å². The number of rotatable bonds is 2. The van der Waals surface area contributed by atoms with Gasteiger partial charge in [-0.25, -0.2) is 5.32 Å². The first-order chi connectivity index (χ1) is 7.27. The highest BCUT2D eigenvalue weighted by atomic mass is 16.6. The summed E-state index contributed by atoms with van der Waals surface area (Å²) in [5.41, 5.74) is 1.18. The molecule has 1 aromatic rings. The summed E-state index contributed by atoms with van der Waals surface area (Å²) in [6.45, 7) is 3.49. The predicted molar refractivity (Wildman–Crippen MR) is 57.2 cm³/mol. The average molecular weight is 206 g/mol. The predicted octanol–water partition coefficient (Wildman–Crippen LogP) is 1.02. The third-order valence-corrected chi connectivity index (χ3v) is 2.48. The van der Waals surface area contributed by atoms with Gasteiger partial charge >= 0.3 is 0 Å². The molecule has 2 rings (SSSR count). The summed E-state index contributed by atoms with van der Waals surface area (Å²) in [5.74, 6) is 0. The second-order valence-corrected chi connectivity index (χ2v) is 3.43. The van der Waals surface area contributed by atoms with Gasteiger partial charge in [0.1, 0.15) is 0 Å². The number of non-ortho nitro benzene ring substituents is 1. The van der Waals surface area contributed by atoms with Gasteiger partial charge in [-0.2, -0.15) is 0 Å². The van der Waals surface area contributed by atoms with Crippen LogP contribution in [0.3, 0.4) is 0 Å². The number of nitro benzene ring substituents is 1. The SMILES string of the molecule is O=[N+]([O-])c1ccc(N2CC[N]CC2)cc1. The highest BCUT2D eigenvalue weighted by Crippen LogP contribution is 2.19. The average Bonchev–Trinajstić information content (AvgIpc) is 2.30. The zero-order valence-electron chi connectivity index (χ0n) is 8.30. The smallest absolute Gasteiger partial charge is 0.269 e. The van der Waals surface area contributed by atoms with Gasteiger partial charge in [0.2, 0.25) is 0 Å². The molecule has 0 bridgehead atoms. The minimum absolute atomic E-state index is 0.139. The molecule has 5 nitrogen and oxygen atoms in total. The molecule has 0 saturated carbocycles. The van der Waals surface area contributed by atoms with Gasteiger partial charge in [-0.3, -0.25) is 10.1 Å². The van der Waals surface area contributed by atoms with Gasteiger partial charge in [0, 0.05) is 44.0 Å². The summed E-state index contributed by atoms with van der Waals surface area (Å²) in [4.78, 5) is 12.3. The molecule has 1 aliphatic rings. The van der Waals surface area contributed by atoms with E-state index in [1.807, 2.05) is 0 Å². The molecule has 1 fully saturated rings. The Balaban J connectivity index is 2.11. The lowest BCUT2D eigenvalue weighted by Crippen LogP contribution is -2.40. The first kappa shape index (κ1) is 9.92. The maximum absolute atomic E-state index is 10.5. The van der Waals surface area contributed by atoms with Crippen LogP contribution in [0, 0.1) is 10.1 Å². The molecule has 79 valence electrons. The molecule has 1 aromatic carbocycles. The number of piperazine rings is 1. The van der Waals surface area contributed by atoms with E-state index in [9.17, 15) is 10.1 Å². The summed E-state index contributed by atoms with van der Waals surface area (Å²) in [6.07, 6.45) is 0. The fourth-order valence-electron chi connectivity index (χ4n) is 1.65. The number of nitrogens with zero attached hydrogens (tertiary/aromatic N) is 3. The minimum atomic E-state index is -0.380. The number of nitro groups is 1. The molecule has 0 unspecified atom stereocenters. The summed E-state index contributed by atoms with van der Waals surface area (Å²) >= 11 is 0. The molecular weight excluding hydrogens is 194 g/mol. The zero-order valence-corrected chi connectivity index (χ0v) is 8.30. The van der Waals surface area contributed by atoms with Crippen LogP contribution < -0.4 is 10.2 Å². The number of benzene rings is 1. The van der Waals surface area contributed by atoms with Crippen LogP contribution in [-0.2, 0) is 0 Å². The highest BCUT2D eigenvalue weighted by Gasteiger charge is 2.12. The van der Waals surface area contributed by atoms with Gasteiger partial charge in [-0.1, -0.05) is 0 Å². The third-order valence-electron chi connectivity index (χ3n) is 2.48. The fraction of sp³-hybridized carbons (Fsp3) is 0.400. The lowest BCUT2D eigenvalue weighted by molar-refractivity contribution is -0.384. The van der Waals surface area contributed by atoms with Crippen LogP contribution in [0.5, 0.6) is 0 Å². The van der Waals surface area contributed by atoms with Crippen molar-refractivity contribution >= 4 is 11.4 Å². The lowest BCUT2D eigenvalue weighted by atomic mass is 10.2. The van der Waals surface area contributed by atoms with Crippen LogP contribution in [0.15, 0.2) is 24.3 Å². The molecule has 1 radical (unpaired) electrons. The molecule has 5 heteroatoms. The van der Waals surface area contributed by atoms with Gasteiger partial charge in [0.25, 0.3) is 5.69 Å². The molecule has 0 aliphatic carbocycles. The van der Waals surface area contributed by atoms with Crippen molar-refractivity contribution in [1.29, 1.82) is 0 Å². The van der Waals surface area contributed by atoms with E-state index in [2.05, 4.69) is 10.2 Å². The van der Waals surface area contributed by atoms with E-state index in [1.165, 1.54) is 0 Å². The van der Waals surface area contributed by atoms with Gasteiger partial charge in [0.15, 0.2) is 0 Å². The Kier molecular flexibility index (Phi) is 2.82. The topological polar surface area (TPSA) is 60.5 Å². The molecule has 0 spiro atoms. The maximum Gasteiger partial charge on any atom is 0.269 e. The minimum Gasteiger partial charge on any atom is -0.369 e.